The van der Waals surface area contributed by atoms with Crippen LogP contribution in [-0.2, 0) is 18.3 Å². The largest absolute Gasteiger partial charge is 0.484 e. The Labute approximate surface area is 128 Å². The van der Waals surface area contributed by atoms with Crippen LogP contribution in [0.4, 0.5) is 4.39 Å². The van der Waals surface area contributed by atoms with E-state index in [4.69, 9.17) is 4.74 Å². The van der Waals surface area contributed by atoms with Gasteiger partial charge in [-0.05, 0) is 43.5 Å². The Morgan fingerprint density at radius 1 is 1.45 bits per heavy atom. The van der Waals surface area contributed by atoms with E-state index >= 15 is 0 Å². The molecule has 3 rings (SSSR count). The second kappa shape index (κ2) is 6.17. The van der Waals surface area contributed by atoms with Gasteiger partial charge in [0.1, 0.15) is 11.6 Å². The molecule has 0 saturated carbocycles. The van der Waals surface area contributed by atoms with Gasteiger partial charge in [0.15, 0.2) is 6.61 Å². The third-order valence-corrected chi connectivity index (χ3v) is 3.89. The molecule has 2 aromatic rings. The normalized spacial score (nSPS) is 16.9. The molecule has 0 radical (unpaired) electrons. The first-order valence-electron chi connectivity index (χ1n) is 7.32. The van der Waals surface area contributed by atoms with Crippen LogP contribution >= 0.6 is 0 Å². The monoisotopic (exact) mass is 303 g/mol. The standard InChI is InChI=1S/C16H18FN3O2/c1-20-15-4-2-3-14(13(15)9-18-20)19-16(21)10-22-12-7-5-11(17)6-8-12/h5-9,14H,2-4,10H2,1H3,(H,19,21). The van der Waals surface area contributed by atoms with E-state index in [-0.39, 0.29) is 24.4 Å². The van der Waals surface area contributed by atoms with Gasteiger partial charge < -0.3 is 10.1 Å². The van der Waals surface area contributed by atoms with Crippen molar-refractivity contribution in [2.45, 2.75) is 25.3 Å². The van der Waals surface area contributed by atoms with Gasteiger partial charge >= 0.3 is 0 Å². The molecule has 5 nitrogen and oxygen atoms in total. The predicted molar refractivity (Wildman–Crippen MR) is 78.9 cm³/mol. The number of aromatic nitrogens is 2. The summed E-state index contributed by atoms with van der Waals surface area (Å²) in [5, 5.41) is 7.23. The average molecular weight is 303 g/mol. The SMILES string of the molecule is Cn1ncc2c1CCCC2NC(=O)COc1ccc(F)cc1. The first-order valence-corrected chi connectivity index (χ1v) is 7.32. The minimum Gasteiger partial charge on any atom is -0.484 e. The molecule has 1 aromatic heterocycles. The fraction of sp³-hybridized carbons (Fsp3) is 0.375. The molecule has 116 valence electrons. The quantitative estimate of drug-likeness (QED) is 0.941. The zero-order valence-electron chi connectivity index (χ0n) is 12.4. The molecular formula is C16H18FN3O2. The van der Waals surface area contributed by atoms with Crippen molar-refractivity contribution in [2.75, 3.05) is 6.61 Å². The summed E-state index contributed by atoms with van der Waals surface area (Å²) in [5.74, 6) is -0.0450. The molecule has 6 heteroatoms. The maximum absolute atomic E-state index is 12.8. The highest BCUT2D eigenvalue weighted by molar-refractivity contribution is 5.78. The molecule has 1 heterocycles. The van der Waals surface area contributed by atoms with E-state index in [1.54, 1.807) is 0 Å². The Balaban J connectivity index is 1.57. The van der Waals surface area contributed by atoms with Crippen molar-refractivity contribution in [3.8, 4) is 5.75 Å². The number of ether oxygens (including phenoxy) is 1. The second-order valence-corrected chi connectivity index (χ2v) is 5.43. The summed E-state index contributed by atoms with van der Waals surface area (Å²) in [5.41, 5.74) is 2.26. The molecular weight excluding hydrogens is 285 g/mol. The number of halogens is 1. The number of hydrogen-bond donors (Lipinski definition) is 1. The number of benzene rings is 1. The molecule has 1 aliphatic carbocycles. The summed E-state index contributed by atoms with van der Waals surface area (Å²) in [6.07, 6.45) is 4.74. The number of amides is 1. The summed E-state index contributed by atoms with van der Waals surface area (Å²) in [6, 6.07) is 5.60. The van der Waals surface area contributed by atoms with Crippen molar-refractivity contribution in [1.29, 1.82) is 0 Å². The Kier molecular flexibility index (Phi) is 4.09. The maximum atomic E-state index is 12.8. The minimum absolute atomic E-state index is 0.0123. The van der Waals surface area contributed by atoms with Gasteiger partial charge in [0.2, 0.25) is 0 Å². The molecule has 1 aromatic carbocycles. The van der Waals surface area contributed by atoms with Crippen molar-refractivity contribution in [3.05, 3.63) is 47.5 Å². The van der Waals surface area contributed by atoms with Crippen LogP contribution in [0.1, 0.15) is 30.1 Å². The lowest BCUT2D eigenvalue weighted by atomic mass is 9.93. The number of nitrogens with zero attached hydrogens (tertiary/aromatic N) is 2. The van der Waals surface area contributed by atoms with Crippen molar-refractivity contribution in [1.82, 2.24) is 15.1 Å². The van der Waals surface area contributed by atoms with Crippen molar-refractivity contribution < 1.29 is 13.9 Å². The molecule has 1 unspecified atom stereocenters. The van der Waals surface area contributed by atoms with Gasteiger partial charge in [-0.1, -0.05) is 0 Å². The van der Waals surface area contributed by atoms with E-state index < -0.39 is 0 Å². The summed E-state index contributed by atoms with van der Waals surface area (Å²) in [6.45, 7) is -0.0856. The molecule has 1 aliphatic rings. The van der Waals surface area contributed by atoms with E-state index in [9.17, 15) is 9.18 Å². The lowest BCUT2D eigenvalue weighted by Crippen LogP contribution is -2.34. The molecule has 0 saturated heterocycles. The smallest absolute Gasteiger partial charge is 0.258 e. The highest BCUT2D eigenvalue weighted by Gasteiger charge is 2.24. The molecule has 22 heavy (non-hydrogen) atoms. The van der Waals surface area contributed by atoms with Gasteiger partial charge in [0.25, 0.3) is 5.91 Å². The zero-order chi connectivity index (χ0) is 15.5. The topological polar surface area (TPSA) is 56.2 Å². The first-order chi connectivity index (χ1) is 10.6. The van der Waals surface area contributed by atoms with Gasteiger partial charge in [0.05, 0.1) is 12.2 Å². The highest BCUT2D eigenvalue weighted by Crippen LogP contribution is 2.28. The van der Waals surface area contributed by atoms with Crippen molar-refractivity contribution in [3.63, 3.8) is 0 Å². The van der Waals surface area contributed by atoms with Crippen LogP contribution in [0.15, 0.2) is 30.5 Å². The lowest BCUT2D eigenvalue weighted by Gasteiger charge is -2.23. The van der Waals surface area contributed by atoms with Gasteiger partial charge in [0, 0.05) is 18.3 Å². The van der Waals surface area contributed by atoms with Crippen LogP contribution < -0.4 is 10.1 Å². The van der Waals surface area contributed by atoms with E-state index in [1.165, 1.54) is 30.0 Å². The number of fused-ring (bicyclic) bond motifs is 1. The number of carbonyl (C=O) groups is 1. The third-order valence-electron chi connectivity index (χ3n) is 3.89. The average Bonchev–Trinajstić information content (AvgIpc) is 2.90. The zero-order valence-corrected chi connectivity index (χ0v) is 12.4. The molecule has 0 spiro atoms. The van der Waals surface area contributed by atoms with Gasteiger partial charge in [-0.2, -0.15) is 5.10 Å². The van der Waals surface area contributed by atoms with Gasteiger partial charge in [-0.25, -0.2) is 4.39 Å². The van der Waals surface area contributed by atoms with Crippen LogP contribution in [0.3, 0.4) is 0 Å². The molecule has 1 amide bonds. The van der Waals surface area contributed by atoms with E-state index in [0.29, 0.717) is 5.75 Å². The van der Waals surface area contributed by atoms with E-state index in [2.05, 4.69) is 10.4 Å². The molecule has 0 aliphatic heterocycles. The summed E-state index contributed by atoms with van der Waals surface area (Å²) in [4.78, 5) is 12.0. The molecule has 1 atom stereocenters. The Bertz CT molecular complexity index is 667. The number of hydrogen-bond acceptors (Lipinski definition) is 3. The fourth-order valence-corrected chi connectivity index (χ4v) is 2.77. The maximum Gasteiger partial charge on any atom is 0.258 e. The number of aryl methyl sites for hydroxylation is 1. The van der Waals surface area contributed by atoms with Crippen molar-refractivity contribution >= 4 is 5.91 Å². The van der Waals surface area contributed by atoms with Crippen molar-refractivity contribution in [2.24, 2.45) is 7.05 Å². The van der Waals surface area contributed by atoms with Gasteiger partial charge in [-0.3, -0.25) is 9.48 Å². The number of nitrogens with one attached hydrogen (secondary N) is 1. The van der Waals surface area contributed by atoms with Crippen LogP contribution in [0.25, 0.3) is 0 Å². The Morgan fingerprint density at radius 3 is 3.00 bits per heavy atom. The van der Waals surface area contributed by atoms with Crippen LogP contribution in [0, 0.1) is 5.82 Å². The van der Waals surface area contributed by atoms with E-state index in [0.717, 1.165) is 24.8 Å². The highest BCUT2D eigenvalue weighted by atomic mass is 19.1. The predicted octanol–water partition coefficient (Wildman–Crippen LogP) is 2.13. The minimum atomic E-state index is -0.330. The summed E-state index contributed by atoms with van der Waals surface area (Å²) < 4.78 is 20.0. The lowest BCUT2D eigenvalue weighted by molar-refractivity contribution is -0.123. The van der Waals surface area contributed by atoms with Gasteiger partial charge in [-0.15, -0.1) is 0 Å². The van der Waals surface area contributed by atoms with Crippen LogP contribution in [-0.4, -0.2) is 22.3 Å². The molecule has 0 fully saturated rings. The Morgan fingerprint density at radius 2 is 2.23 bits per heavy atom. The number of rotatable bonds is 4. The molecule has 1 N–H and O–H groups in total. The third kappa shape index (κ3) is 3.10. The number of carbonyl (C=O) groups excluding carboxylic acids is 1. The first kappa shape index (κ1) is 14.6. The fourth-order valence-electron chi connectivity index (χ4n) is 2.77. The Hall–Kier alpha value is -2.37. The summed E-state index contributed by atoms with van der Waals surface area (Å²) >= 11 is 0. The van der Waals surface area contributed by atoms with Crippen LogP contribution in [0.2, 0.25) is 0 Å². The molecule has 0 bridgehead atoms. The summed E-state index contributed by atoms with van der Waals surface area (Å²) in [7, 11) is 1.92. The van der Waals surface area contributed by atoms with Crippen LogP contribution in [0.5, 0.6) is 5.75 Å². The second-order valence-electron chi connectivity index (χ2n) is 5.43. The van der Waals surface area contributed by atoms with E-state index in [1.807, 2.05) is 17.9 Å².